The average Bonchev–Trinajstić information content (AvgIpc) is 2.83. The lowest BCUT2D eigenvalue weighted by Gasteiger charge is -2.11. The summed E-state index contributed by atoms with van der Waals surface area (Å²) >= 11 is 0. The molecule has 1 N–H and O–H groups in total. The van der Waals surface area contributed by atoms with E-state index in [1.807, 2.05) is 31.2 Å². The largest absolute Gasteiger partial charge is 0.462 e. The molecule has 1 heterocycles. The summed E-state index contributed by atoms with van der Waals surface area (Å²) in [7, 11) is 0. The number of anilines is 2. The van der Waals surface area contributed by atoms with Crippen molar-refractivity contribution in [3.63, 3.8) is 0 Å². The van der Waals surface area contributed by atoms with Crippen molar-refractivity contribution in [3.05, 3.63) is 88.5 Å². The number of nitro groups is 1. The standard InChI is InChI=1S/C24H20N4O4/c1-2-15-32-24(29)17-7-11-18(12-8-17)25-23-20-5-3-4-6-21(20)26-22(27-23)16-9-13-19(14-10-16)28(30)31/h3-14H,2,15H2,1H3,(H,25,26,27). The van der Waals surface area contributed by atoms with E-state index in [0.717, 1.165) is 23.0 Å². The number of nitrogens with zero attached hydrogens (tertiary/aromatic N) is 3. The Balaban J connectivity index is 1.66. The van der Waals surface area contributed by atoms with Crippen LogP contribution in [0.25, 0.3) is 22.3 Å². The monoisotopic (exact) mass is 428 g/mol. The molecule has 1 aromatic heterocycles. The molecule has 0 saturated carbocycles. The number of hydrogen-bond donors (Lipinski definition) is 1. The van der Waals surface area contributed by atoms with Crippen molar-refractivity contribution < 1.29 is 14.5 Å². The first-order valence-corrected chi connectivity index (χ1v) is 10.1. The number of non-ortho nitro benzene ring substituents is 1. The third-order valence-electron chi connectivity index (χ3n) is 4.76. The highest BCUT2D eigenvalue weighted by Crippen LogP contribution is 2.28. The second-order valence-corrected chi connectivity index (χ2v) is 7.06. The number of nitro benzene ring substituents is 1. The molecule has 4 rings (SSSR count). The van der Waals surface area contributed by atoms with E-state index in [1.54, 1.807) is 36.4 Å². The molecule has 0 fully saturated rings. The van der Waals surface area contributed by atoms with Crippen molar-refractivity contribution in [2.24, 2.45) is 0 Å². The van der Waals surface area contributed by atoms with Crippen molar-refractivity contribution in [1.29, 1.82) is 0 Å². The molecular weight excluding hydrogens is 408 g/mol. The topological polar surface area (TPSA) is 107 Å². The van der Waals surface area contributed by atoms with Crippen LogP contribution < -0.4 is 5.32 Å². The number of esters is 1. The quantitative estimate of drug-likeness (QED) is 0.235. The number of carbonyl (C=O) groups is 1. The number of ether oxygens (including phenoxy) is 1. The number of nitrogens with one attached hydrogen (secondary N) is 1. The maximum Gasteiger partial charge on any atom is 0.338 e. The van der Waals surface area contributed by atoms with Gasteiger partial charge in [-0.05, 0) is 55.0 Å². The molecule has 0 aliphatic rings. The van der Waals surface area contributed by atoms with Gasteiger partial charge >= 0.3 is 5.97 Å². The lowest BCUT2D eigenvalue weighted by Crippen LogP contribution is -2.06. The first-order chi connectivity index (χ1) is 15.5. The Bertz CT molecular complexity index is 1270. The number of para-hydroxylation sites is 1. The van der Waals surface area contributed by atoms with E-state index in [0.29, 0.717) is 29.4 Å². The van der Waals surface area contributed by atoms with Gasteiger partial charge in [-0.2, -0.15) is 0 Å². The molecule has 8 nitrogen and oxygen atoms in total. The van der Waals surface area contributed by atoms with Crippen molar-refractivity contribution >= 4 is 34.1 Å². The summed E-state index contributed by atoms with van der Waals surface area (Å²) in [6.07, 6.45) is 0.767. The Morgan fingerprint density at radius 2 is 1.72 bits per heavy atom. The van der Waals surface area contributed by atoms with Gasteiger partial charge in [-0.3, -0.25) is 10.1 Å². The van der Waals surface area contributed by atoms with Crippen molar-refractivity contribution in [2.45, 2.75) is 13.3 Å². The summed E-state index contributed by atoms with van der Waals surface area (Å²) in [4.78, 5) is 31.8. The Labute approximate surface area is 184 Å². The molecule has 0 bridgehead atoms. The van der Waals surface area contributed by atoms with Crippen LogP contribution in [0.15, 0.2) is 72.8 Å². The molecule has 0 saturated heterocycles. The minimum absolute atomic E-state index is 0.00504. The van der Waals surface area contributed by atoms with Gasteiger partial charge in [-0.25, -0.2) is 14.8 Å². The smallest absolute Gasteiger partial charge is 0.338 e. The van der Waals surface area contributed by atoms with Gasteiger partial charge < -0.3 is 10.1 Å². The van der Waals surface area contributed by atoms with E-state index in [4.69, 9.17) is 4.74 Å². The molecule has 0 aliphatic carbocycles. The van der Waals surface area contributed by atoms with E-state index >= 15 is 0 Å². The molecule has 8 heteroatoms. The number of rotatable bonds is 7. The number of hydrogen-bond acceptors (Lipinski definition) is 7. The van der Waals surface area contributed by atoms with E-state index in [2.05, 4.69) is 15.3 Å². The van der Waals surface area contributed by atoms with Crippen LogP contribution in [0.4, 0.5) is 17.2 Å². The lowest BCUT2D eigenvalue weighted by atomic mass is 10.1. The predicted molar refractivity (Wildman–Crippen MR) is 122 cm³/mol. The maximum atomic E-state index is 12.0. The predicted octanol–water partition coefficient (Wildman–Crippen LogP) is 5.52. The lowest BCUT2D eigenvalue weighted by molar-refractivity contribution is -0.384. The Kier molecular flexibility index (Phi) is 6.03. The molecule has 0 amide bonds. The van der Waals surface area contributed by atoms with E-state index in [-0.39, 0.29) is 11.7 Å². The molecule has 4 aromatic rings. The fraction of sp³-hybridized carbons (Fsp3) is 0.125. The number of benzene rings is 3. The average molecular weight is 428 g/mol. The highest BCUT2D eigenvalue weighted by molar-refractivity contribution is 5.93. The highest BCUT2D eigenvalue weighted by Gasteiger charge is 2.12. The molecule has 0 aliphatic heterocycles. The van der Waals surface area contributed by atoms with Gasteiger partial charge in [0, 0.05) is 28.8 Å². The van der Waals surface area contributed by atoms with Crippen LogP contribution in [-0.4, -0.2) is 27.5 Å². The van der Waals surface area contributed by atoms with Crippen molar-refractivity contribution in [1.82, 2.24) is 9.97 Å². The van der Waals surface area contributed by atoms with E-state index < -0.39 is 4.92 Å². The van der Waals surface area contributed by atoms with Crippen LogP contribution in [0.5, 0.6) is 0 Å². The van der Waals surface area contributed by atoms with Gasteiger partial charge in [-0.1, -0.05) is 19.1 Å². The van der Waals surface area contributed by atoms with Crippen LogP contribution in [0, 0.1) is 10.1 Å². The van der Waals surface area contributed by atoms with Crippen molar-refractivity contribution in [2.75, 3.05) is 11.9 Å². The Hall–Kier alpha value is -4.33. The van der Waals surface area contributed by atoms with Crippen LogP contribution in [0.3, 0.4) is 0 Å². The molecule has 32 heavy (non-hydrogen) atoms. The zero-order valence-electron chi connectivity index (χ0n) is 17.3. The molecule has 0 radical (unpaired) electrons. The first kappa shape index (κ1) is 20.9. The zero-order valence-corrected chi connectivity index (χ0v) is 17.3. The molecular formula is C24H20N4O4. The summed E-state index contributed by atoms with van der Waals surface area (Å²) in [5.41, 5.74) is 2.63. The normalized spacial score (nSPS) is 10.7. The van der Waals surface area contributed by atoms with Gasteiger partial charge in [0.2, 0.25) is 0 Å². The van der Waals surface area contributed by atoms with Gasteiger partial charge in [0.1, 0.15) is 5.82 Å². The van der Waals surface area contributed by atoms with Crippen molar-refractivity contribution in [3.8, 4) is 11.4 Å². The van der Waals surface area contributed by atoms with Crippen LogP contribution in [0.1, 0.15) is 23.7 Å². The van der Waals surface area contributed by atoms with Gasteiger partial charge in [0.15, 0.2) is 5.82 Å². The Morgan fingerprint density at radius 3 is 2.41 bits per heavy atom. The third-order valence-corrected chi connectivity index (χ3v) is 4.76. The van der Waals surface area contributed by atoms with Gasteiger partial charge in [-0.15, -0.1) is 0 Å². The summed E-state index contributed by atoms with van der Waals surface area (Å²) in [6.45, 7) is 2.33. The second-order valence-electron chi connectivity index (χ2n) is 7.06. The SMILES string of the molecule is CCCOC(=O)c1ccc(Nc2nc(-c3ccc([N+](=O)[O-])cc3)nc3ccccc23)cc1. The zero-order chi connectivity index (χ0) is 22.5. The van der Waals surface area contributed by atoms with Gasteiger partial charge in [0.05, 0.1) is 22.6 Å². The molecule has 160 valence electrons. The number of fused-ring (bicyclic) bond motifs is 1. The molecule has 0 atom stereocenters. The number of carbonyl (C=O) groups excluding carboxylic acids is 1. The Morgan fingerprint density at radius 1 is 1.00 bits per heavy atom. The summed E-state index contributed by atoms with van der Waals surface area (Å²) in [5, 5.41) is 15.0. The maximum absolute atomic E-state index is 12.0. The highest BCUT2D eigenvalue weighted by atomic mass is 16.6. The minimum Gasteiger partial charge on any atom is -0.462 e. The van der Waals surface area contributed by atoms with E-state index in [1.165, 1.54) is 12.1 Å². The minimum atomic E-state index is -0.445. The summed E-state index contributed by atoms with van der Waals surface area (Å²) in [6, 6.07) is 20.6. The third kappa shape index (κ3) is 4.54. The second kappa shape index (κ2) is 9.22. The molecule has 3 aromatic carbocycles. The van der Waals surface area contributed by atoms with E-state index in [9.17, 15) is 14.9 Å². The summed E-state index contributed by atoms with van der Waals surface area (Å²) in [5.74, 6) is 0.678. The van der Waals surface area contributed by atoms with Crippen LogP contribution in [-0.2, 0) is 4.74 Å². The molecule has 0 unspecified atom stereocenters. The summed E-state index contributed by atoms with van der Waals surface area (Å²) < 4.78 is 5.16. The number of aromatic nitrogens is 2. The van der Waals surface area contributed by atoms with Gasteiger partial charge in [0.25, 0.3) is 5.69 Å². The van der Waals surface area contributed by atoms with Crippen LogP contribution in [0.2, 0.25) is 0 Å². The fourth-order valence-electron chi connectivity index (χ4n) is 3.14. The molecule has 0 spiro atoms. The first-order valence-electron chi connectivity index (χ1n) is 10.1. The van der Waals surface area contributed by atoms with Crippen LogP contribution >= 0.6 is 0 Å². The fourth-order valence-corrected chi connectivity index (χ4v) is 3.14.